The van der Waals surface area contributed by atoms with Crippen molar-refractivity contribution in [1.29, 1.82) is 0 Å². The van der Waals surface area contributed by atoms with Crippen LogP contribution < -0.4 is 0 Å². The maximum Gasteiger partial charge on any atom is -0.00878 e. The molecule has 1 fully saturated rings. The van der Waals surface area contributed by atoms with Crippen LogP contribution in [0.15, 0.2) is 0 Å². The molecule has 22 heavy (non-hydrogen) atoms. The first-order valence-corrected chi connectivity index (χ1v) is 9.21. The summed E-state index contributed by atoms with van der Waals surface area (Å²) in [5, 5.41) is 0. The third kappa shape index (κ3) is 2.01. The van der Waals surface area contributed by atoms with Crippen LogP contribution in [0.2, 0.25) is 0 Å². The molecule has 0 radical (unpaired) electrons. The Bertz CT molecular complexity index is 388. The minimum absolute atomic E-state index is 0.214. The van der Waals surface area contributed by atoms with Gasteiger partial charge in [-0.05, 0) is 44.3 Å². The van der Waals surface area contributed by atoms with Gasteiger partial charge in [0.2, 0.25) is 0 Å². The van der Waals surface area contributed by atoms with Crippen molar-refractivity contribution < 1.29 is 0 Å². The van der Waals surface area contributed by atoms with Crippen LogP contribution in [0.4, 0.5) is 0 Å². The third-order valence-corrected chi connectivity index (χ3v) is 8.39. The van der Waals surface area contributed by atoms with Crippen molar-refractivity contribution in [3.8, 4) is 0 Å². The molecule has 0 nitrogen and oxygen atoms in total. The van der Waals surface area contributed by atoms with E-state index in [9.17, 15) is 0 Å². The van der Waals surface area contributed by atoms with E-state index >= 15 is 0 Å². The predicted octanol–water partition coefficient (Wildman–Crippen LogP) is 7.57. The number of hydrogen-bond donors (Lipinski definition) is 0. The average molecular weight is 309 g/mol. The molecule has 1 saturated carbocycles. The lowest BCUT2D eigenvalue weighted by molar-refractivity contribution is -0.312. The molecule has 0 aromatic heterocycles. The van der Waals surface area contributed by atoms with Gasteiger partial charge in [0.25, 0.3) is 0 Å². The van der Waals surface area contributed by atoms with Crippen molar-refractivity contribution in [2.75, 3.05) is 0 Å². The Morgan fingerprint density at radius 3 is 0.909 bits per heavy atom. The highest BCUT2D eigenvalue weighted by atomic mass is 14.8. The molecule has 1 aliphatic rings. The zero-order valence-corrected chi connectivity index (χ0v) is 18.2. The lowest BCUT2D eigenvalue weighted by atomic mass is 9.25. The van der Waals surface area contributed by atoms with Gasteiger partial charge < -0.3 is 0 Å². The highest BCUT2D eigenvalue weighted by molar-refractivity contribution is 5.22. The largest absolute Gasteiger partial charge is 0.0596 e. The first-order valence-electron chi connectivity index (χ1n) is 9.21. The zero-order chi connectivity index (χ0) is 18.2. The van der Waals surface area contributed by atoms with Crippen molar-refractivity contribution in [3.05, 3.63) is 0 Å². The van der Waals surface area contributed by atoms with Gasteiger partial charge in [0.05, 0.1) is 0 Å². The fraction of sp³-hybridized carbons (Fsp3) is 1.00. The standard InChI is InChI=1S/C22H44/c1-16(2,3)22(17(4,5)6)20(11,12)18(7,8)15-19(9,10)21(22,13)14/h15H2,1-14H3. The minimum atomic E-state index is 0.214. The van der Waals surface area contributed by atoms with Crippen molar-refractivity contribution in [3.63, 3.8) is 0 Å². The number of rotatable bonds is 0. The van der Waals surface area contributed by atoms with E-state index in [1.54, 1.807) is 0 Å². The molecule has 0 heteroatoms. The lowest BCUT2D eigenvalue weighted by Crippen LogP contribution is -2.73. The summed E-state index contributed by atoms with van der Waals surface area (Å²) in [5.41, 5.74) is 1.79. The first kappa shape index (κ1) is 20.0. The Hall–Kier alpha value is 0. The van der Waals surface area contributed by atoms with Gasteiger partial charge in [0.15, 0.2) is 0 Å². The van der Waals surface area contributed by atoms with Crippen LogP contribution >= 0.6 is 0 Å². The van der Waals surface area contributed by atoms with Crippen LogP contribution in [0, 0.1) is 37.9 Å². The molecular weight excluding hydrogens is 264 g/mol. The fourth-order valence-electron chi connectivity index (χ4n) is 8.22. The summed E-state index contributed by atoms with van der Waals surface area (Å²) in [4.78, 5) is 0. The molecule has 0 atom stereocenters. The van der Waals surface area contributed by atoms with E-state index in [1.807, 2.05) is 0 Å². The van der Waals surface area contributed by atoms with Gasteiger partial charge in [-0.3, -0.25) is 0 Å². The van der Waals surface area contributed by atoms with E-state index in [2.05, 4.69) is 96.9 Å². The molecular formula is C22H44. The van der Waals surface area contributed by atoms with Crippen LogP contribution in [0.5, 0.6) is 0 Å². The highest BCUT2D eigenvalue weighted by Crippen LogP contribution is 2.81. The van der Waals surface area contributed by atoms with Crippen molar-refractivity contribution in [2.24, 2.45) is 37.9 Å². The molecule has 0 spiro atoms. The van der Waals surface area contributed by atoms with Gasteiger partial charge >= 0.3 is 0 Å². The summed E-state index contributed by atoms with van der Waals surface area (Å²) >= 11 is 0. The maximum absolute atomic E-state index is 2.56. The smallest absolute Gasteiger partial charge is 0.00878 e. The van der Waals surface area contributed by atoms with Crippen LogP contribution in [0.3, 0.4) is 0 Å². The molecule has 0 aliphatic heterocycles. The Morgan fingerprint density at radius 2 is 0.727 bits per heavy atom. The monoisotopic (exact) mass is 308 g/mol. The fourth-order valence-corrected chi connectivity index (χ4v) is 8.22. The summed E-state index contributed by atoms with van der Waals surface area (Å²) in [6, 6.07) is 0. The summed E-state index contributed by atoms with van der Waals surface area (Å²) in [7, 11) is 0. The quantitative estimate of drug-likeness (QED) is 0.433. The molecule has 0 bridgehead atoms. The van der Waals surface area contributed by atoms with Crippen molar-refractivity contribution >= 4 is 0 Å². The first-order chi connectivity index (χ1) is 9.21. The molecule has 0 saturated heterocycles. The Balaban J connectivity index is 4.04. The van der Waals surface area contributed by atoms with E-state index in [0.29, 0.717) is 10.8 Å². The topological polar surface area (TPSA) is 0 Å². The van der Waals surface area contributed by atoms with Gasteiger partial charge in [0.1, 0.15) is 0 Å². The molecule has 1 rings (SSSR count). The molecule has 0 unspecified atom stereocenters. The number of hydrogen-bond acceptors (Lipinski definition) is 0. The Morgan fingerprint density at radius 1 is 0.500 bits per heavy atom. The SMILES string of the molecule is CC(C)(C)C1(C(C)(C)C)C(C)(C)C(C)(C)CC(C)(C)C1(C)C. The van der Waals surface area contributed by atoms with Gasteiger partial charge in [-0.2, -0.15) is 0 Å². The molecule has 0 heterocycles. The van der Waals surface area contributed by atoms with Gasteiger partial charge in [-0.25, -0.2) is 0 Å². The molecule has 0 aromatic carbocycles. The van der Waals surface area contributed by atoms with Crippen LogP contribution in [0.1, 0.15) is 103 Å². The lowest BCUT2D eigenvalue weighted by Gasteiger charge is -2.79. The van der Waals surface area contributed by atoms with Gasteiger partial charge in [-0.1, -0.05) is 96.9 Å². The van der Waals surface area contributed by atoms with Gasteiger partial charge in [-0.15, -0.1) is 0 Å². The van der Waals surface area contributed by atoms with Crippen LogP contribution in [0.25, 0.3) is 0 Å². The molecule has 1 aliphatic carbocycles. The van der Waals surface area contributed by atoms with Gasteiger partial charge in [0, 0.05) is 0 Å². The molecule has 0 N–H and O–H groups in total. The van der Waals surface area contributed by atoms with E-state index in [4.69, 9.17) is 0 Å². The molecule has 0 aromatic rings. The second-order valence-electron chi connectivity index (χ2n) is 12.4. The molecule has 0 amide bonds. The summed E-state index contributed by atoms with van der Waals surface area (Å²) in [5.74, 6) is 0. The van der Waals surface area contributed by atoms with E-state index < -0.39 is 0 Å². The van der Waals surface area contributed by atoms with Crippen molar-refractivity contribution in [1.82, 2.24) is 0 Å². The summed E-state index contributed by atoms with van der Waals surface area (Å²) in [6.07, 6.45) is 1.29. The third-order valence-electron chi connectivity index (χ3n) is 8.39. The summed E-state index contributed by atoms with van der Waals surface area (Å²) in [6.45, 7) is 35.2. The summed E-state index contributed by atoms with van der Waals surface area (Å²) < 4.78 is 0. The van der Waals surface area contributed by atoms with Crippen LogP contribution in [-0.2, 0) is 0 Å². The molecule has 132 valence electrons. The van der Waals surface area contributed by atoms with E-state index in [-0.39, 0.29) is 27.1 Å². The average Bonchev–Trinajstić information content (AvgIpc) is 2.06. The normalized spacial score (nSPS) is 29.2. The second-order valence-corrected chi connectivity index (χ2v) is 12.4. The Kier molecular flexibility index (Phi) is 4.14. The minimum Gasteiger partial charge on any atom is -0.0596 e. The van der Waals surface area contributed by atoms with Crippen LogP contribution in [-0.4, -0.2) is 0 Å². The predicted molar refractivity (Wildman–Crippen MR) is 101 cm³/mol. The Labute approximate surface area is 141 Å². The second kappa shape index (κ2) is 4.54. The highest BCUT2D eigenvalue weighted by Gasteiger charge is 2.75. The van der Waals surface area contributed by atoms with E-state index in [1.165, 1.54) is 6.42 Å². The zero-order valence-electron chi connectivity index (χ0n) is 18.2. The maximum atomic E-state index is 2.56. The van der Waals surface area contributed by atoms with E-state index in [0.717, 1.165) is 0 Å². The van der Waals surface area contributed by atoms with Crippen molar-refractivity contribution in [2.45, 2.75) is 103 Å².